The molecule has 2 aromatic heterocycles. The molecule has 0 fully saturated rings. The van der Waals surface area contributed by atoms with E-state index in [9.17, 15) is 18.4 Å². The van der Waals surface area contributed by atoms with Crippen molar-refractivity contribution in [2.45, 2.75) is 13.1 Å². The smallest absolute Gasteiger partial charge is 0.315 e. The van der Waals surface area contributed by atoms with Gasteiger partial charge in [-0.05, 0) is 30.3 Å². The largest absolute Gasteiger partial charge is 0.351 e. The summed E-state index contributed by atoms with van der Waals surface area (Å²) in [5, 5.41) is 22.9. The maximum atomic E-state index is 14.7. The second-order valence-corrected chi connectivity index (χ2v) is 7.70. The molecule has 1 aliphatic heterocycles. The number of nitrogens with two attached hydrogens (primary N) is 1. The van der Waals surface area contributed by atoms with Crippen LogP contribution in [0.3, 0.4) is 0 Å². The number of nitrogens with one attached hydrogen (secondary N) is 2. The number of nitriles is 1. The Balaban J connectivity index is 1.62. The molecule has 0 unspecified atom stereocenters. The molecule has 170 valence electrons. The first-order chi connectivity index (χ1) is 16.4. The number of benzene rings is 2. The molecule has 1 aliphatic rings. The summed E-state index contributed by atoms with van der Waals surface area (Å²) >= 11 is 0. The van der Waals surface area contributed by atoms with Crippen molar-refractivity contribution in [1.29, 1.82) is 5.26 Å². The number of halogens is 2. The first-order valence-corrected chi connectivity index (χ1v) is 10.1. The highest BCUT2D eigenvalue weighted by atomic mass is 19.1. The molecule has 3 amide bonds. The lowest BCUT2D eigenvalue weighted by Gasteiger charge is -2.26. The highest BCUT2D eigenvalue weighted by Crippen LogP contribution is 2.32. The van der Waals surface area contributed by atoms with Crippen molar-refractivity contribution in [1.82, 2.24) is 24.9 Å². The van der Waals surface area contributed by atoms with Crippen LogP contribution in [0.15, 0.2) is 36.5 Å². The molecule has 12 heteroatoms. The second kappa shape index (κ2) is 7.96. The predicted octanol–water partition coefficient (Wildman–Crippen LogP) is 2.72. The van der Waals surface area contributed by atoms with E-state index in [0.717, 1.165) is 6.07 Å². The monoisotopic (exact) mass is 462 g/mol. The molecule has 0 saturated carbocycles. The van der Waals surface area contributed by atoms with E-state index in [1.165, 1.54) is 29.3 Å². The topological polar surface area (TPSA) is 146 Å². The van der Waals surface area contributed by atoms with Crippen molar-refractivity contribution in [3.63, 3.8) is 0 Å². The molecule has 0 spiro atoms. The fraction of sp³-hybridized carbons (Fsp3) is 0.136. The van der Waals surface area contributed by atoms with Gasteiger partial charge in [-0.2, -0.15) is 15.5 Å². The van der Waals surface area contributed by atoms with Crippen LogP contribution < -0.4 is 11.1 Å². The maximum absolute atomic E-state index is 14.7. The summed E-state index contributed by atoms with van der Waals surface area (Å²) in [6.45, 7) is 0.583. The van der Waals surface area contributed by atoms with Gasteiger partial charge in [0.2, 0.25) is 0 Å². The van der Waals surface area contributed by atoms with Gasteiger partial charge in [-0.1, -0.05) is 0 Å². The van der Waals surface area contributed by atoms with E-state index < -0.39 is 23.6 Å². The first kappa shape index (κ1) is 21.1. The third-order valence-electron chi connectivity index (χ3n) is 5.65. The van der Waals surface area contributed by atoms with Crippen LogP contribution in [-0.4, -0.2) is 43.4 Å². The molecule has 0 radical (unpaired) electrons. The zero-order valence-electron chi connectivity index (χ0n) is 17.5. The minimum Gasteiger partial charge on any atom is -0.351 e. The number of fused-ring (bicyclic) bond motifs is 2. The molecule has 5 rings (SSSR count). The zero-order chi connectivity index (χ0) is 24.0. The number of nitrogens with zero attached hydrogens (tertiary/aromatic N) is 5. The molecule has 4 N–H and O–H groups in total. The van der Waals surface area contributed by atoms with Crippen LogP contribution in [-0.2, 0) is 13.1 Å². The minimum atomic E-state index is -0.788. The van der Waals surface area contributed by atoms with Crippen LogP contribution in [0.4, 0.5) is 19.3 Å². The van der Waals surface area contributed by atoms with E-state index in [-0.39, 0.29) is 41.0 Å². The predicted molar refractivity (Wildman–Crippen MR) is 116 cm³/mol. The number of primary amides is 1. The van der Waals surface area contributed by atoms with Gasteiger partial charge in [0, 0.05) is 17.8 Å². The SMILES string of the molecule is N#Cc1ccc(NC(=O)c2c(-c3cc(F)c4cn[nH]c4c3)nn3c2CN(C(N)=O)CC3)cc1F. The van der Waals surface area contributed by atoms with Crippen LogP contribution in [0.5, 0.6) is 0 Å². The van der Waals surface area contributed by atoms with Crippen molar-refractivity contribution in [2.75, 3.05) is 11.9 Å². The molecule has 34 heavy (non-hydrogen) atoms. The second-order valence-electron chi connectivity index (χ2n) is 7.70. The van der Waals surface area contributed by atoms with E-state index in [2.05, 4.69) is 20.6 Å². The van der Waals surface area contributed by atoms with E-state index in [1.54, 1.807) is 16.8 Å². The number of amides is 3. The highest BCUT2D eigenvalue weighted by Gasteiger charge is 2.30. The Morgan fingerprint density at radius 2 is 2.00 bits per heavy atom. The molecule has 0 atom stereocenters. The first-order valence-electron chi connectivity index (χ1n) is 10.1. The number of hydrogen-bond acceptors (Lipinski definition) is 5. The Labute approximate surface area is 190 Å². The van der Waals surface area contributed by atoms with E-state index in [1.807, 2.05) is 0 Å². The number of hydrogen-bond donors (Lipinski definition) is 3. The molecular formula is C22H16F2N8O2. The lowest BCUT2D eigenvalue weighted by atomic mass is 10.0. The van der Waals surface area contributed by atoms with Gasteiger partial charge in [0.1, 0.15) is 23.4 Å². The Hall–Kier alpha value is -4.79. The van der Waals surface area contributed by atoms with Crippen LogP contribution >= 0.6 is 0 Å². The summed E-state index contributed by atoms with van der Waals surface area (Å²) in [4.78, 5) is 26.5. The Kier molecular flexibility index (Phi) is 4.94. The fourth-order valence-electron chi connectivity index (χ4n) is 3.97. The number of aromatic nitrogens is 4. The summed E-state index contributed by atoms with van der Waals surface area (Å²) in [6.07, 6.45) is 1.35. The molecular weight excluding hydrogens is 446 g/mol. The summed E-state index contributed by atoms with van der Waals surface area (Å²) in [5.41, 5.74) is 6.79. The van der Waals surface area contributed by atoms with Crippen LogP contribution in [0.25, 0.3) is 22.2 Å². The third kappa shape index (κ3) is 3.49. The van der Waals surface area contributed by atoms with Gasteiger partial charge in [-0.25, -0.2) is 13.6 Å². The summed E-state index contributed by atoms with van der Waals surface area (Å²) in [7, 11) is 0. The van der Waals surface area contributed by atoms with Crippen molar-refractivity contribution >= 4 is 28.5 Å². The molecule has 10 nitrogen and oxygen atoms in total. The van der Waals surface area contributed by atoms with Gasteiger partial charge in [-0.3, -0.25) is 14.6 Å². The van der Waals surface area contributed by atoms with Crippen molar-refractivity contribution in [3.8, 4) is 17.3 Å². The summed E-state index contributed by atoms with van der Waals surface area (Å²) in [5.74, 6) is -1.98. The van der Waals surface area contributed by atoms with E-state index in [4.69, 9.17) is 11.0 Å². The normalized spacial score (nSPS) is 12.9. The van der Waals surface area contributed by atoms with Crippen LogP contribution in [0.1, 0.15) is 21.6 Å². The van der Waals surface area contributed by atoms with Gasteiger partial charge in [-0.15, -0.1) is 0 Å². The van der Waals surface area contributed by atoms with Crippen molar-refractivity contribution < 1.29 is 18.4 Å². The number of carbonyl (C=O) groups is 2. The number of rotatable bonds is 3. The highest BCUT2D eigenvalue weighted by molar-refractivity contribution is 6.09. The summed E-state index contributed by atoms with van der Waals surface area (Å²) < 4.78 is 30.3. The van der Waals surface area contributed by atoms with E-state index >= 15 is 0 Å². The van der Waals surface area contributed by atoms with Crippen molar-refractivity contribution in [2.24, 2.45) is 5.73 Å². The van der Waals surface area contributed by atoms with Crippen LogP contribution in [0, 0.1) is 23.0 Å². The van der Waals surface area contributed by atoms with E-state index in [0.29, 0.717) is 23.3 Å². The molecule has 0 bridgehead atoms. The molecule has 4 aromatic rings. The number of anilines is 1. The van der Waals surface area contributed by atoms with Gasteiger partial charge in [0.15, 0.2) is 0 Å². The Bertz CT molecular complexity index is 1520. The third-order valence-corrected chi connectivity index (χ3v) is 5.65. The Morgan fingerprint density at radius 1 is 1.18 bits per heavy atom. The average molecular weight is 462 g/mol. The van der Waals surface area contributed by atoms with Gasteiger partial charge in [0.05, 0.1) is 47.0 Å². The Morgan fingerprint density at radius 3 is 2.74 bits per heavy atom. The zero-order valence-corrected chi connectivity index (χ0v) is 17.5. The van der Waals surface area contributed by atoms with Gasteiger partial charge < -0.3 is 16.0 Å². The fourth-order valence-corrected chi connectivity index (χ4v) is 3.97. The van der Waals surface area contributed by atoms with Crippen LogP contribution in [0.2, 0.25) is 0 Å². The van der Waals surface area contributed by atoms with Gasteiger partial charge in [0.25, 0.3) is 5.91 Å². The maximum Gasteiger partial charge on any atom is 0.315 e. The number of carbonyl (C=O) groups excluding carboxylic acids is 2. The lowest BCUT2D eigenvalue weighted by molar-refractivity contribution is 0.102. The quantitative estimate of drug-likeness (QED) is 0.429. The number of aromatic amines is 1. The molecule has 0 aliphatic carbocycles. The molecule has 2 aromatic carbocycles. The van der Waals surface area contributed by atoms with Gasteiger partial charge >= 0.3 is 6.03 Å². The molecule has 0 saturated heterocycles. The molecule has 3 heterocycles. The summed E-state index contributed by atoms with van der Waals surface area (Å²) in [6, 6.07) is 7.58. The average Bonchev–Trinajstić information content (AvgIpc) is 3.43. The lowest BCUT2D eigenvalue weighted by Crippen LogP contribution is -2.42. The minimum absolute atomic E-state index is 0.0155. The standard InChI is InChI=1S/C22H16F2N8O2/c23-15-7-13(2-1-11(15)8-25)28-21(33)19-18-10-31(22(26)34)3-4-32(18)30-20(19)12-5-16(24)14-9-27-29-17(14)6-12/h1-2,5-7,9H,3-4,10H2,(H2,26,34)(H,27,29)(H,28,33). The number of urea groups is 1. The van der Waals surface area contributed by atoms with Crippen molar-refractivity contribution in [3.05, 3.63) is 65.0 Å². The number of H-pyrrole nitrogens is 1.